The normalized spacial score (nSPS) is 15.5. The van der Waals surface area contributed by atoms with Gasteiger partial charge in [-0.25, -0.2) is 8.42 Å². The molecule has 20 heavy (non-hydrogen) atoms. The van der Waals surface area contributed by atoms with Crippen LogP contribution in [0.2, 0.25) is 0 Å². The van der Waals surface area contributed by atoms with Gasteiger partial charge in [-0.05, 0) is 31.5 Å². The largest absolute Gasteiger partial charge is 0.389 e. The van der Waals surface area contributed by atoms with E-state index in [1.807, 2.05) is 0 Å². The number of sulfone groups is 1. The van der Waals surface area contributed by atoms with Gasteiger partial charge in [-0.3, -0.25) is 4.90 Å². The number of hydrogen-bond acceptors (Lipinski definition) is 4. The van der Waals surface area contributed by atoms with E-state index >= 15 is 0 Å². The van der Waals surface area contributed by atoms with Gasteiger partial charge in [0.1, 0.15) is 4.99 Å². The lowest BCUT2D eigenvalue weighted by Crippen LogP contribution is -2.31. The number of benzene rings is 1. The molecule has 0 heterocycles. The van der Waals surface area contributed by atoms with Gasteiger partial charge >= 0.3 is 0 Å². The quantitative estimate of drug-likeness (QED) is 0.775. The second kappa shape index (κ2) is 6.20. The van der Waals surface area contributed by atoms with Crippen molar-refractivity contribution in [2.45, 2.75) is 30.7 Å². The molecule has 0 spiro atoms. The Morgan fingerprint density at radius 1 is 1.35 bits per heavy atom. The predicted octanol–water partition coefficient (Wildman–Crippen LogP) is 1.58. The number of thiocarbonyl (C=S) groups is 1. The Balaban J connectivity index is 2.03. The van der Waals surface area contributed by atoms with Gasteiger partial charge in [0.05, 0.1) is 10.6 Å². The summed E-state index contributed by atoms with van der Waals surface area (Å²) in [6.45, 7) is 3.57. The third-order valence-electron chi connectivity index (χ3n) is 3.61. The third-order valence-corrected chi connectivity index (χ3v) is 5.56. The molecule has 1 aliphatic carbocycles. The van der Waals surface area contributed by atoms with E-state index in [-0.39, 0.29) is 10.7 Å². The first kappa shape index (κ1) is 15.4. The van der Waals surface area contributed by atoms with Gasteiger partial charge in [0, 0.05) is 18.2 Å². The highest BCUT2D eigenvalue weighted by Gasteiger charge is 2.28. The van der Waals surface area contributed by atoms with Gasteiger partial charge in [0.25, 0.3) is 0 Å². The number of hydrogen-bond donors (Lipinski definition) is 1. The lowest BCUT2D eigenvalue weighted by atomic mass is 10.2. The van der Waals surface area contributed by atoms with Crippen LogP contribution in [-0.4, -0.2) is 43.2 Å². The molecule has 0 bridgehead atoms. The van der Waals surface area contributed by atoms with Crippen molar-refractivity contribution in [3.8, 4) is 0 Å². The SMILES string of the molecule is CCN(CCS(=O)(=O)c1ccc(C(N)=S)cc1)C1CC1. The standard InChI is InChI=1S/C14H20N2O2S2/c1-2-16(12-5-6-12)9-10-20(17,18)13-7-3-11(4-8-13)14(15)19/h3-4,7-8,12H,2,5-6,9-10H2,1H3,(H2,15,19). The summed E-state index contributed by atoms with van der Waals surface area (Å²) in [4.78, 5) is 2.85. The fraction of sp³-hybridized carbons (Fsp3) is 0.500. The van der Waals surface area contributed by atoms with Crippen LogP contribution in [0.15, 0.2) is 29.2 Å². The van der Waals surface area contributed by atoms with Crippen LogP contribution in [0.5, 0.6) is 0 Å². The fourth-order valence-corrected chi connectivity index (χ4v) is 3.62. The molecule has 0 aromatic heterocycles. The molecule has 0 unspecified atom stereocenters. The molecule has 2 rings (SSSR count). The molecule has 110 valence electrons. The van der Waals surface area contributed by atoms with Crippen molar-refractivity contribution < 1.29 is 8.42 Å². The Morgan fingerprint density at radius 3 is 2.40 bits per heavy atom. The molecule has 4 nitrogen and oxygen atoms in total. The summed E-state index contributed by atoms with van der Waals surface area (Å²) >= 11 is 4.86. The van der Waals surface area contributed by atoms with Gasteiger partial charge in [-0.2, -0.15) is 0 Å². The molecular formula is C14H20N2O2S2. The van der Waals surface area contributed by atoms with Crippen molar-refractivity contribution in [2.24, 2.45) is 5.73 Å². The second-order valence-corrected chi connectivity index (χ2v) is 7.62. The molecule has 1 aliphatic rings. The minimum atomic E-state index is -3.24. The van der Waals surface area contributed by atoms with Crippen molar-refractivity contribution in [1.29, 1.82) is 0 Å². The first-order chi connectivity index (χ1) is 9.44. The van der Waals surface area contributed by atoms with Gasteiger partial charge in [0.2, 0.25) is 0 Å². The summed E-state index contributed by atoms with van der Waals surface area (Å²) < 4.78 is 24.6. The van der Waals surface area contributed by atoms with Crippen molar-refractivity contribution in [3.05, 3.63) is 29.8 Å². The molecule has 0 aliphatic heterocycles. The van der Waals surface area contributed by atoms with Crippen molar-refractivity contribution >= 4 is 27.0 Å². The van der Waals surface area contributed by atoms with E-state index in [4.69, 9.17) is 18.0 Å². The Kier molecular flexibility index (Phi) is 4.78. The lowest BCUT2D eigenvalue weighted by Gasteiger charge is -2.19. The van der Waals surface area contributed by atoms with E-state index in [0.29, 0.717) is 23.0 Å². The van der Waals surface area contributed by atoms with E-state index < -0.39 is 9.84 Å². The Hall–Kier alpha value is -0.980. The topological polar surface area (TPSA) is 63.4 Å². The number of nitrogens with two attached hydrogens (primary N) is 1. The van der Waals surface area contributed by atoms with E-state index in [1.54, 1.807) is 24.3 Å². The molecule has 0 saturated heterocycles. The van der Waals surface area contributed by atoms with Crippen molar-refractivity contribution in [1.82, 2.24) is 4.90 Å². The van der Waals surface area contributed by atoms with Crippen LogP contribution >= 0.6 is 12.2 Å². The monoisotopic (exact) mass is 312 g/mol. The number of nitrogens with zero attached hydrogens (tertiary/aromatic N) is 1. The Bertz CT molecular complexity index is 578. The molecule has 2 N–H and O–H groups in total. The molecule has 0 amide bonds. The van der Waals surface area contributed by atoms with Crippen LogP contribution in [0.4, 0.5) is 0 Å². The average Bonchev–Trinajstić information content (AvgIpc) is 3.24. The highest BCUT2D eigenvalue weighted by molar-refractivity contribution is 7.91. The highest BCUT2D eigenvalue weighted by atomic mass is 32.2. The maximum absolute atomic E-state index is 12.3. The van der Waals surface area contributed by atoms with E-state index in [1.165, 1.54) is 12.8 Å². The summed E-state index contributed by atoms with van der Waals surface area (Å²) in [6.07, 6.45) is 2.38. The van der Waals surface area contributed by atoms with Crippen LogP contribution in [0.3, 0.4) is 0 Å². The zero-order valence-corrected chi connectivity index (χ0v) is 13.2. The third kappa shape index (κ3) is 3.77. The summed E-state index contributed by atoms with van der Waals surface area (Å²) in [5.41, 5.74) is 6.19. The first-order valence-corrected chi connectivity index (χ1v) is 8.87. The molecule has 1 aromatic carbocycles. The summed E-state index contributed by atoms with van der Waals surface area (Å²) in [7, 11) is -3.24. The minimum absolute atomic E-state index is 0.157. The predicted molar refractivity (Wildman–Crippen MR) is 84.7 cm³/mol. The Morgan fingerprint density at radius 2 is 1.95 bits per heavy atom. The van der Waals surface area contributed by atoms with Crippen LogP contribution in [0.25, 0.3) is 0 Å². The zero-order chi connectivity index (χ0) is 14.8. The van der Waals surface area contributed by atoms with Crippen LogP contribution < -0.4 is 5.73 Å². The van der Waals surface area contributed by atoms with Crippen LogP contribution in [0, 0.1) is 0 Å². The molecule has 1 fully saturated rings. The van der Waals surface area contributed by atoms with E-state index in [2.05, 4.69) is 11.8 Å². The highest BCUT2D eigenvalue weighted by Crippen LogP contribution is 2.26. The van der Waals surface area contributed by atoms with E-state index in [9.17, 15) is 8.42 Å². The summed E-state index contributed by atoms with van der Waals surface area (Å²) in [6, 6.07) is 7.07. The second-order valence-electron chi connectivity index (χ2n) is 5.07. The molecular weight excluding hydrogens is 292 g/mol. The Labute approximate surface area is 125 Å². The molecule has 1 saturated carbocycles. The molecule has 0 atom stereocenters. The summed E-state index contributed by atoms with van der Waals surface area (Å²) in [5.74, 6) is 0.157. The van der Waals surface area contributed by atoms with Gasteiger partial charge in [0.15, 0.2) is 9.84 Å². The minimum Gasteiger partial charge on any atom is -0.389 e. The average molecular weight is 312 g/mol. The first-order valence-electron chi connectivity index (χ1n) is 6.80. The number of rotatable bonds is 7. The fourth-order valence-electron chi connectivity index (χ4n) is 2.22. The van der Waals surface area contributed by atoms with Crippen molar-refractivity contribution in [2.75, 3.05) is 18.8 Å². The van der Waals surface area contributed by atoms with Gasteiger partial charge in [-0.15, -0.1) is 0 Å². The van der Waals surface area contributed by atoms with Gasteiger partial charge in [-0.1, -0.05) is 31.3 Å². The lowest BCUT2D eigenvalue weighted by molar-refractivity contribution is 0.294. The van der Waals surface area contributed by atoms with Crippen molar-refractivity contribution in [3.63, 3.8) is 0 Å². The molecule has 0 radical (unpaired) electrons. The van der Waals surface area contributed by atoms with Crippen LogP contribution in [0.1, 0.15) is 25.3 Å². The smallest absolute Gasteiger partial charge is 0.179 e. The maximum Gasteiger partial charge on any atom is 0.179 e. The molecule has 1 aromatic rings. The van der Waals surface area contributed by atoms with Gasteiger partial charge < -0.3 is 5.73 Å². The zero-order valence-electron chi connectivity index (χ0n) is 11.6. The molecule has 6 heteroatoms. The maximum atomic E-state index is 12.3. The van der Waals surface area contributed by atoms with E-state index in [0.717, 1.165) is 6.54 Å². The summed E-state index contributed by atoms with van der Waals surface area (Å²) in [5, 5.41) is 0. The van der Waals surface area contributed by atoms with Crippen LogP contribution in [-0.2, 0) is 9.84 Å².